The maximum atomic E-state index is 12.9. The lowest BCUT2D eigenvalue weighted by molar-refractivity contribution is 0.0921. The number of aromatic hydroxyl groups is 1. The second kappa shape index (κ2) is 9.85. The third-order valence-corrected chi connectivity index (χ3v) is 5.96. The summed E-state index contributed by atoms with van der Waals surface area (Å²) in [5.41, 5.74) is 0.706. The number of carbonyl (C=O) groups excluding carboxylic acids is 2. The molecule has 7 nitrogen and oxygen atoms in total. The molecule has 1 fully saturated rings. The Morgan fingerprint density at radius 1 is 1.28 bits per heavy atom. The molecule has 2 N–H and O–H groups in total. The molecule has 0 aliphatic heterocycles. The van der Waals surface area contributed by atoms with Crippen LogP contribution in [0.3, 0.4) is 0 Å². The minimum absolute atomic E-state index is 0.286. The van der Waals surface area contributed by atoms with Gasteiger partial charge >= 0.3 is 11.7 Å². The number of rotatable bonds is 9. The summed E-state index contributed by atoms with van der Waals surface area (Å²) in [4.78, 5) is 36.6. The highest BCUT2D eigenvalue weighted by Gasteiger charge is 2.46. The summed E-state index contributed by atoms with van der Waals surface area (Å²) in [6.07, 6.45) is 6.20. The highest BCUT2D eigenvalue weighted by Crippen LogP contribution is 2.52. The second-order valence-electron chi connectivity index (χ2n) is 8.47. The number of allylic oxidation sites excluding steroid dienone is 1. The molecule has 2 aromatic rings. The van der Waals surface area contributed by atoms with Gasteiger partial charge in [-0.2, -0.15) is 0 Å². The topological polar surface area (TPSA) is 106 Å². The SMILES string of the molecule is COC(=O)N/C=C/CCC1(c2cc(O)c(C(=O)C(C)Cc3ccc(C)cc3)c(=O)o2)CC1. The van der Waals surface area contributed by atoms with Crippen LogP contribution < -0.4 is 10.9 Å². The number of ether oxygens (including phenoxy) is 1. The molecular formula is C25H29NO6. The van der Waals surface area contributed by atoms with E-state index >= 15 is 0 Å². The van der Waals surface area contributed by atoms with Crippen LogP contribution in [0, 0.1) is 12.8 Å². The molecule has 1 unspecified atom stereocenters. The largest absolute Gasteiger partial charge is 0.507 e. The molecule has 1 aromatic carbocycles. The van der Waals surface area contributed by atoms with Crippen molar-refractivity contribution in [1.29, 1.82) is 0 Å². The van der Waals surface area contributed by atoms with Gasteiger partial charge in [0.1, 0.15) is 17.1 Å². The summed E-state index contributed by atoms with van der Waals surface area (Å²) >= 11 is 0. The average molecular weight is 440 g/mol. The Labute approximate surface area is 187 Å². The zero-order chi connectivity index (χ0) is 23.3. The first-order chi connectivity index (χ1) is 15.3. The van der Waals surface area contributed by atoms with Crippen LogP contribution in [-0.2, 0) is 16.6 Å². The Hall–Kier alpha value is -3.35. The number of Topliss-reactive ketones (excluding diaryl/α,β-unsaturated/α-hetero) is 1. The number of methoxy groups -OCH3 is 1. The van der Waals surface area contributed by atoms with Gasteiger partial charge in [0.15, 0.2) is 5.78 Å². The maximum absolute atomic E-state index is 12.9. The van der Waals surface area contributed by atoms with E-state index in [2.05, 4.69) is 10.1 Å². The van der Waals surface area contributed by atoms with Crippen LogP contribution in [0.2, 0.25) is 0 Å². The van der Waals surface area contributed by atoms with Crippen LogP contribution in [0.4, 0.5) is 4.79 Å². The van der Waals surface area contributed by atoms with Crippen molar-refractivity contribution in [3.8, 4) is 5.75 Å². The van der Waals surface area contributed by atoms with Crippen LogP contribution in [0.1, 0.15) is 59.9 Å². The molecule has 0 bridgehead atoms. The van der Waals surface area contributed by atoms with E-state index in [4.69, 9.17) is 4.42 Å². The lowest BCUT2D eigenvalue weighted by Crippen LogP contribution is -2.23. The molecule has 32 heavy (non-hydrogen) atoms. The van der Waals surface area contributed by atoms with Gasteiger partial charge in [-0.3, -0.25) is 10.1 Å². The van der Waals surface area contributed by atoms with Crippen molar-refractivity contribution in [1.82, 2.24) is 5.32 Å². The fourth-order valence-corrected chi connectivity index (χ4v) is 3.79. The van der Waals surface area contributed by atoms with E-state index in [0.717, 1.165) is 24.0 Å². The molecule has 1 aromatic heterocycles. The van der Waals surface area contributed by atoms with E-state index in [1.807, 2.05) is 31.2 Å². The summed E-state index contributed by atoms with van der Waals surface area (Å²) in [6, 6.07) is 9.27. The standard InChI is InChI=1S/C25H29NO6/c1-16-6-8-18(9-7-16)14-17(2)22(28)21-19(27)15-20(32-23(21)29)25(11-12-25)10-4-5-13-26-24(30)31-3/h5-9,13,15,17,27H,4,10-12,14H2,1-3H3,(H,26,30)/b13-5+. The summed E-state index contributed by atoms with van der Waals surface area (Å²) < 4.78 is 10.0. The molecule has 3 rings (SSSR count). The fraction of sp³-hybridized carbons (Fsp3) is 0.400. The van der Waals surface area contributed by atoms with Crippen molar-refractivity contribution >= 4 is 11.9 Å². The summed E-state index contributed by atoms with van der Waals surface area (Å²) in [6.45, 7) is 3.73. The summed E-state index contributed by atoms with van der Waals surface area (Å²) in [7, 11) is 1.29. The maximum Gasteiger partial charge on any atom is 0.410 e. The first-order valence-electron chi connectivity index (χ1n) is 10.7. The summed E-state index contributed by atoms with van der Waals surface area (Å²) in [5, 5.41) is 13.0. The van der Waals surface area contributed by atoms with Crippen molar-refractivity contribution < 1.29 is 23.8 Å². The quantitative estimate of drug-likeness (QED) is 0.561. The molecule has 0 spiro atoms. The van der Waals surface area contributed by atoms with E-state index < -0.39 is 23.4 Å². The van der Waals surface area contributed by atoms with Crippen molar-refractivity contribution in [2.75, 3.05) is 7.11 Å². The monoisotopic (exact) mass is 439 g/mol. The van der Waals surface area contributed by atoms with Gasteiger partial charge in [0, 0.05) is 23.6 Å². The Kier molecular flexibility index (Phi) is 7.18. The highest BCUT2D eigenvalue weighted by molar-refractivity contribution is 5.99. The number of aryl methyl sites for hydroxylation is 1. The van der Waals surface area contributed by atoms with Crippen molar-refractivity contribution in [2.24, 2.45) is 5.92 Å². The normalized spacial score (nSPS) is 15.3. The van der Waals surface area contributed by atoms with Crippen LogP contribution >= 0.6 is 0 Å². The predicted octanol–water partition coefficient (Wildman–Crippen LogP) is 4.40. The number of ketones is 1. The number of hydrogen-bond donors (Lipinski definition) is 2. The Morgan fingerprint density at radius 2 is 1.97 bits per heavy atom. The number of hydrogen-bond acceptors (Lipinski definition) is 6. The molecule has 1 amide bonds. The van der Waals surface area contributed by atoms with Crippen molar-refractivity contribution in [2.45, 2.75) is 51.4 Å². The fourth-order valence-electron chi connectivity index (χ4n) is 3.79. The van der Waals surface area contributed by atoms with E-state index in [1.165, 1.54) is 19.4 Å². The molecule has 170 valence electrons. The van der Waals surface area contributed by atoms with E-state index in [-0.39, 0.29) is 16.7 Å². The Bertz CT molecular complexity index is 1060. The van der Waals surface area contributed by atoms with Gasteiger partial charge in [0.25, 0.3) is 0 Å². The zero-order valence-corrected chi connectivity index (χ0v) is 18.6. The zero-order valence-electron chi connectivity index (χ0n) is 18.6. The third-order valence-electron chi connectivity index (χ3n) is 5.96. The predicted molar refractivity (Wildman–Crippen MR) is 120 cm³/mol. The molecule has 7 heteroatoms. The molecule has 1 saturated carbocycles. The molecule has 1 heterocycles. The molecule has 0 radical (unpaired) electrons. The summed E-state index contributed by atoms with van der Waals surface area (Å²) in [5.74, 6) is -0.826. The minimum Gasteiger partial charge on any atom is -0.507 e. The van der Waals surface area contributed by atoms with Gasteiger partial charge in [-0.05, 0) is 44.6 Å². The number of alkyl carbamates (subject to hydrolysis) is 1. The highest BCUT2D eigenvalue weighted by atomic mass is 16.5. The minimum atomic E-state index is -0.796. The molecule has 0 saturated heterocycles. The van der Waals surface area contributed by atoms with E-state index in [9.17, 15) is 19.5 Å². The average Bonchev–Trinajstić information content (AvgIpc) is 3.55. The van der Waals surface area contributed by atoms with Gasteiger partial charge in [-0.15, -0.1) is 0 Å². The van der Waals surface area contributed by atoms with Gasteiger partial charge in [0.2, 0.25) is 0 Å². The number of nitrogens with one attached hydrogen (secondary N) is 1. The van der Waals surface area contributed by atoms with Gasteiger partial charge in [-0.1, -0.05) is 42.8 Å². The number of benzene rings is 1. The molecule has 1 aliphatic carbocycles. The van der Waals surface area contributed by atoms with Crippen LogP contribution in [0.5, 0.6) is 5.75 Å². The number of carbonyl (C=O) groups is 2. The third kappa shape index (κ3) is 5.46. The lowest BCUT2D eigenvalue weighted by Gasteiger charge is -2.15. The number of amides is 1. The van der Waals surface area contributed by atoms with Gasteiger partial charge in [0.05, 0.1) is 7.11 Å². The van der Waals surface area contributed by atoms with Crippen LogP contribution in [0.15, 0.2) is 51.8 Å². The smallest absolute Gasteiger partial charge is 0.410 e. The first kappa shape index (κ1) is 23.3. The molecule has 1 atom stereocenters. The van der Waals surface area contributed by atoms with Crippen molar-refractivity contribution in [3.05, 3.63) is 75.5 Å². The Balaban J connectivity index is 1.69. The van der Waals surface area contributed by atoms with Crippen LogP contribution in [-0.4, -0.2) is 24.1 Å². The first-order valence-corrected chi connectivity index (χ1v) is 10.7. The van der Waals surface area contributed by atoms with Crippen molar-refractivity contribution in [3.63, 3.8) is 0 Å². The second-order valence-corrected chi connectivity index (χ2v) is 8.47. The lowest BCUT2D eigenvalue weighted by atomic mass is 9.91. The molecular weight excluding hydrogens is 410 g/mol. The van der Waals surface area contributed by atoms with Gasteiger partial charge in [-0.25, -0.2) is 9.59 Å². The Morgan fingerprint density at radius 3 is 2.56 bits per heavy atom. The van der Waals surface area contributed by atoms with Gasteiger partial charge < -0.3 is 14.3 Å². The van der Waals surface area contributed by atoms with E-state index in [0.29, 0.717) is 25.0 Å². The van der Waals surface area contributed by atoms with E-state index in [1.54, 1.807) is 13.0 Å². The van der Waals surface area contributed by atoms with Crippen LogP contribution in [0.25, 0.3) is 0 Å². The molecule has 1 aliphatic rings.